The number of hydrogen-bond acceptors (Lipinski definition) is 5. The van der Waals surface area contributed by atoms with Crippen LogP contribution in [0.4, 0.5) is 5.82 Å². The summed E-state index contributed by atoms with van der Waals surface area (Å²) in [6.45, 7) is 8.85. The van der Waals surface area contributed by atoms with Crippen molar-refractivity contribution in [2.24, 2.45) is 0 Å². The lowest BCUT2D eigenvalue weighted by atomic mass is 10.1. The van der Waals surface area contributed by atoms with Crippen molar-refractivity contribution in [2.45, 2.75) is 20.8 Å². The van der Waals surface area contributed by atoms with Crippen LogP contribution < -0.4 is 4.90 Å². The second-order valence-corrected chi connectivity index (χ2v) is 9.07. The zero-order chi connectivity index (χ0) is 20.0. The van der Waals surface area contributed by atoms with Crippen LogP contribution in [0, 0.1) is 20.8 Å². The van der Waals surface area contributed by atoms with Crippen LogP contribution in [0.3, 0.4) is 0 Å². The average Bonchev–Trinajstić information content (AvgIpc) is 2.93. The molecule has 1 fully saturated rings. The van der Waals surface area contributed by atoms with Crippen molar-refractivity contribution < 1.29 is 4.79 Å². The fraction of sp³-hybridized carbons (Fsp3) is 0.350. The van der Waals surface area contributed by atoms with Crippen molar-refractivity contribution in [3.8, 4) is 0 Å². The van der Waals surface area contributed by atoms with E-state index in [2.05, 4.69) is 23.7 Å². The minimum Gasteiger partial charge on any atom is -0.352 e. The number of halogens is 2. The highest BCUT2D eigenvalue weighted by Crippen LogP contribution is 2.35. The van der Waals surface area contributed by atoms with E-state index in [1.54, 1.807) is 29.5 Å². The summed E-state index contributed by atoms with van der Waals surface area (Å²) in [6, 6.07) is 4.96. The van der Waals surface area contributed by atoms with E-state index in [1.165, 1.54) is 10.4 Å². The second-order valence-electron chi connectivity index (χ2n) is 7.00. The molecule has 0 radical (unpaired) electrons. The van der Waals surface area contributed by atoms with E-state index >= 15 is 0 Å². The van der Waals surface area contributed by atoms with E-state index in [9.17, 15) is 4.79 Å². The van der Waals surface area contributed by atoms with Crippen LogP contribution >= 0.6 is 34.5 Å². The van der Waals surface area contributed by atoms with Crippen molar-refractivity contribution in [3.05, 3.63) is 50.1 Å². The molecule has 0 aliphatic carbocycles. The summed E-state index contributed by atoms with van der Waals surface area (Å²) >= 11 is 13.8. The van der Waals surface area contributed by atoms with Crippen LogP contribution in [0.15, 0.2) is 18.2 Å². The molecule has 0 spiro atoms. The standard InChI is InChI=1S/C20H20Cl2N4OS/c1-11-12(2)28-19-17(11)18(23-13(3)24-19)25-4-6-26(7-5-25)20(27)14-8-15(21)10-16(22)9-14/h8-10H,4-7H2,1-3H3. The summed E-state index contributed by atoms with van der Waals surface area (Å²) in [4.78, 5) is 28.6. The molecule has 28 heavy (non-hydrogen) atoms. The number of fused-ring (bicyclic) bond motifs is 1. The molecule has 1 aliphatic rings. The van der Waals surface area contributed by atoms with Gasteiger partial charge >= 0.3 is 0 Å². The van der Waals surface area contributed by atoms with Crippen LogP contribution in [0.5, 0.6) is 0 Å². The van der Waals surface area contributed by atoms with Crippen LogP contribution in [-0.2, 0) is 0 Å². The SMILES string of the molecule is Cc1nc(N2CCN(C(=O)c3cc(Cl)cc(Cl)c3)CC2)c2c(C)c(C)sc2n1. The normalized spacial score (nSPS) is 14.8. The van der Waals surface area contributed by atoms with E-state index in [-0.39, 0.29) is 5.91 Å². The second kappa shape index (κ2) is 7.50. The van der Waals surface area contributed by atoms with E-state index in [1.807, 2.05) is 11.8 Å². The number of amides is 1. The molecule has 1 saturated heterocycles. The van der Waals surface area contributed by atoms with Gasteiger partial charge in [-0.3, -0.25) is 4.79 Å². The van der Waals surface area contributed by atoms with Gasteiger partial charge in [-0.25, -0.2) is 9.97 Å². The first-order chi connectivity index (χ1) is 13.3. The topological polar surface area (TPSA) is 49.3 Å². The summed E-state index contributed by atoms with van der Waals surface area (Å²) in [5, 5.41) is 2.07. The van der Waals surface area contributed by atoms with Gasteiger partial charge in [-0.15, -0.1) is 11.3 Å². The van der Waals surface area contributed by atoms with E-state index in [0.29, 0.717) is 28.7 Å². The van der Waals surface area contributed by atoms with Crippen LogP contribution in [0.2, 0.25) is 10.0 Å². The molecule has 5 nitrogen and oxygen atoms in total. The third-order valence-electron chi connectivity index (χ3n) is 5.10. The van der Waals surface area contributed by atoms with Crippen LogP contribution in [-0.4, -0.2) is 47.0 Å². The third kappa shape index (κ3) is 3.56. The van der Waals surface area contributed by atoms with Gasteiger partial charge in [0, 0.05) is 46.7 Å². The monoisotopic (exact) mass is 434 g/mol. The van der Waals surface area contributed by atoms with Gasteiger partial charge in [0.05, 0.1) is 5.39 Å². The van der Waals surface area contributed by atoms with E-state index in [0.717, 1.165) is 34.9 Å². The van der Waals surface area contributed by atoms with Gasteiger partial charge in [0.1, 0.15) is 16.5 Å². The lowest BCUT2D eigenvalue weighted by Crippen LogP contribution is -2.49. The summed E-state index contributed by atoms with van der Waals surface area (Å²) in [5.74, 6) is 1.70. The molecule has 0 bridgehead atoms. The van der Waals surface area contributed by atoms with Crippen LogP contribution in [0.25, 0.3) is 10.2 Å². The summed E-state index contributed by atoms with van der Waals surface area (Å²) in [5.41, 5.74) is 1.76. The Morgan fingerprint density at radius 3 is 2.29 bits per heavy atom. The number of nitrogens with zero attached hydrogens (tertiary/aromatic N) is 4. The largest absolute Gasteiger partial charge is 0.352 e. The summed E-state index contributed by atoms with van der Waals surface area (Å²) in [7, 11) is 0. The predicted octanol–water partition coefficient (Wildman–Crippen LogP) is 4.89. The minimum atomic E-state index is -0.0457. The highest BCUT2D eigenvalue weighted by molar-refractivity contribution is 7.18. The van der Waals surface area contributed by atoms with Gasteiger partial charge in [-0.1, -0.05) is 23.2 Å². The Morgan fingerprint density at radius 1 is 1.00 bits per heavy atom. The number of thiophene rings is 1. The van der Waals surface area contributed by atoms with Crippen molar-refractivity contribution in [1.29, 1.82) is 0 Å². The van der Waals surface area contributed by atoms with E-state index in [4.69, 9.17) is 28.2 Å². The Balaban J connectivity index is 1.56. The van der Waals surface area contributed by atoms with Gasteiger partial charge in [-0.05, 0) is 44.5 Å². The Kier molecular flexibility index (Phi) is 5.21. The number of anilines is 1. The van der Waals surface area contributed by atoms with Gasteiger partial charge in [0.2, 0.25) is 0 Å². The number of aromatic nitrogens is 2. The number of hydrogen-bond donors (Lipinski definition) is 0. The van der Waals surface area contributed by atoms with Crippen molar-refractivity contribution in [1.82, 2.24) is 14.9 Å². The molecule has 0 saturated carbocycles. The number of carbonyl (C=O) groups is 1. The molecule has 2 aromatic heterocycles. The lowest BCUT2D eigenvalue weighted by molar-refractivity contribution is 0.0746. The van der Waals surface area contributed by atoms with Crippen molar-refractivity contribution in [3.63, 3.8) is 0 Å². The van der Waals surface area contributed by atoms with Gasteiger partial charge < -0.3 is 9.80 Å². The Hall–Kier alpha value is -1.89. The average molecular weight is 435 g/mol. The molecule has 8 heteroatoms. The first kappa shape index (κ1) is 19.4. The lowest BCUT2D eigenvalue weighted by Gasteiger charge is -2.36. The fourth-order valence-electron chi connectivity index (χ4n) is 3.54. The van der Waals surface area contributed by atoms with Crippen LogP contribution in [0.1, 0.15) is 26.6 Å². The van der Waals surface area contributed by atoms with Gasteiger partial charge in [0.15, 0.2) is 0 Å². The maximum atomic E-state index is 12.8. The first-order valence-corrected chi connectivity index (χ1v) is 10.7. The third-order valence-corrected chi connectivity index (χ3v) is 6.63. The molecule has 0 N–H and O–H groups in total. The molecule has 1 amide bonds. The zero-order valence-electron chi connectivity index (χ0n) is 15.9. The first-order valence-electron chi connectivity index (χ1n) is 9.08. The maximum Gasteiger partial charge on any atom is 0.254 e. The Bertz CT molecular complexity index is 1050. The summed E-state index contributed by atoms with van der Waals surface area (Å²) < 4.78 is 0. The molecule has 0 unspecified atom stereocenters. The van der Waals surface area contributed by atoms with Gasteiger partial charge in [0.25, 0.3) is 5.91 Å². The molecular formula is C20H20Cl2N4OS. The van der Waals surface area contributed by atoms with E-state index < -0.39 is 0 Å². The molecule has 3 heterocycles. The molecule has 1 aromatic carbocycles. The predicted molar refractivity (Wildman–Crippen MR) is 116 cm³/mol. The molecule has 146 valence electrons. The maximum absolute atomic E-state index is 12.8. The molecule has 4 rings (SSSR count). The molecule has 1 aliphatic heterocycles. The number of aryl methyl sites for hydroxylation is 3. The number of benzene rings is 1. The van der Waals surface area contributed by atoms with Crippen molar-refractivity contribution in [2.75, 3.05) is 31.1 Å². The van der Waals surface area contributed by atoms with Crippen molar-refractivity contribution >= 4 is 56.5 Å². The zero-order valence-corrected chi connectivity index (χ0v) is 18.3. The molecular weight excluding hydrogens is 415 g/mol. The Labute approximate surface area is 177 Å². The number of rotatable bonds is 2. The number of carbonyl (C=O) groups excluding carboxylic acids is 1. The highest BCUT2D eigenvalue weighted by atomic mass is 35.5. The fourth-order valence-corrected chi connectivity index (χ4v) is 5.14. The molecule has 3 aromatic rings. The molecule has 0 atom stereocenters. The smallest absolute Gasteiger partial charge is 0.254 e. The number of piperazine rings is 1. The summed E-state index contributed by atoms with van der Waals surface area (Å²) in [6.07, 6.45) is 0. The highest BCUT2D eigenvalue weighted by Gasteiger charge is 2.26. The minimum absolute atomic E-state index is 0.0457. The Morgan fingerprint density at radius 2 is 1.64 bits per heavy atom. The van der Waals surface area contributed by atoms with Gasteiger partial charge in [-0.2, -0.15) is 0 Å². The quantitative estimate of drug-likeness (QED) is 0.576.